The van der Waals surface area contributed by atoms with E-state index in [4.69, 9.17) is 9.72 Å². The number of ether oxygens (including phenoxy) is 1. The van der Waals surface area contributed by atoms with Crippen LogP contribution in [0.3, 0.4) is 0 Å². The van der Waals surface area contributed by atoms with Crippen molar-refractivity contribution in [1.82, 2.24) is 20.3 Å². The number of para-hydroxylation sites is 1. The Morgan fingerprint density at radius 3 is 2.77 bits per heavy atom. The molecule has 3 aromatic rings. The zero-order valence-electron chi connectivity index (χ0n) is 18.6. The summed E-state index contributed by atoms with van der Waals surface area (Å²) in [5.41, 5.74) is 3.14. The number of carbonyl (C=O) groups is 1. The Hall–Kier alpha value is -3.06. The number of aromatic nitrogens is 3. The Morgan fingerprint density at radius 2 is 2.00 bits per heavy atom. The summed E-state index contributed by atoms with van der Waals surface area (Å²) >= 11 is 0. The van der Waals surface area contributed by atoms with Gasteiger partial charge in [0.15, 0.2) is 0 Å². The first-order valence-corrected chi connectivity index (χ1v) is 10.8. The molecule has 4 rings (SSSR count). The number of anilines is 1. The molecule has 1 N–H and O–H groups in total. The molecule has 1 saturated heterocycles. The molecule has 7 nitrogen and oxygen atoms in total. The summed E-state index contributed by atoms with van der Waals surface area (Å²) in [6.45, 7) is 10.6. The number of pyridine rings is 1. The third kappa shape index (κ3) is 4.82. The minimum Gasteiger partial charge on any atom is -0.368 e. The van der Waals surface area contributed by atoms with Gasteiger partial charge in [-0.25, -0.2) is 15.0 Å². The van der Waals surface area contributed by atoms with Crippen molar-refractivity contribution in [2.24, 2.45) is 5.92 Å². The number of rotatable bonds is 5. The van der Waals surface area contributed by atoms with E-state index in [-0.39, 0.29) is 12.0 Å². The van der Waals surface area contributed by atoms with Gasteiger partial charge in [-0.05, 0) is 31.9 Å². The van der Waals surface area contributed by atoms with Gasteiger partial charge in [-0.2, -0.15) is 0 Å². The average molecular weight is 420 g/mol. The van der Waals surface area contributed by atoms with E-state index in [0.29, 0.717) is 31.2 Å². The van der Waals surface area contributed by atoms with Gasteiger partial charge in [0, 0.05) is 30.2 Å². The molecule has 7 heteroatoms. The molecular formula is C24H29N5O2. The molecule has 0 radical (unpaired) electrons. The number of nitrogens with one attached hydrogen (secondary N) is 1. The second-order valence-corrected chi connectivity index (χ2v) is 8.44. The fourth-order valence-corrected chi connectivity index (χ4v) is 3.84. The van der Waals surface area contributed by atoms with Crippen LogP contribution >= 0.6 is 0 Å². The first-order valence-electron chi connectivity index (χ1n) is 10.8. The van der Waals surface area contributed by atoms with Gasteiger partial charge in [-0.1, -0.05) is 32.0 Å². The Morgan fingerprint density at radius 1 is 1.19 bits per heavy atom. The van der Waals surface area contributed by atoms with Gasteiger partial charge in [0.05, 0.1) is 29.9 Å². The first kappa shape index (κ1) is 21.2. The van der Waals surface area contributed by atoms with Crippen molar-refractivity contribution in [2.75, 3.05) is 31.1 Å². The van der Waals surface area contributed by atoms with Gasteiger partial charge in [0.2, 0.25) is 0 Å². The predicted molar refractivity (Wildman–Crippen MR) is 121 cm³/mol. The molecule has 31 heavy (non-hydrogen) atoms. The standard InChI is InChI=1S/C24H29N5O2/c1-15(2)13-25-24(30)19-12-21(28-20-8-6-5-7-18(19)20)22-14-29(9-10-31-22)23-11-16(3)26-17(4)27-23/h5-8,11-12,15,22H,9-10,13-14H2,1-4H3,(H,25,30)/t22-/m0/s1. The largest absolute Gasteiger partial charge is 0.368 e. The lowest BCUT2D eigenvalue weighted by molar-refractivity contribution is 0.0369. The second-order valence-electron chi connectivity index (χ2n) is 8.44. The number of fused-ring (bicyclic) bond motifs is 1. The van der Waals surface area contributed by atoms with E-state index in [0.717, 1.165) is 40.5 Å². The molecule has 0 spiro atoms. The quantitative estimate of drug-likeness (QED) is 0.681. The summed E-state index contributed by atoms with van der Waals surface area (Å²) in [6, 6.07) is 11.6. The molecular weight excluding hydrogens is 390 g/mol. The molecule has 0 bridgehead atoms. The number of hydrogen-bond donors (Lipinski definition) is 1. The smallest absolute Gasteiger partial charge is 0.252 e. The van der Waals surface area contributed by atoms with Crippen LogP contribution in [-0.2, 0) is 4.74 Å². The monoisotopic (exact) mass is 419 g/mol. The van der Waals surface area contributed by atoms with Crippen LogP contribution in [0, 0.1) is 19.8 Å². The zero-order valence-corrected chi connectivity index (χ0v) is 18.6. The highest BCUT2D eigenvalue weighted by Crippen LogP contribution is 2.28. The van der Waals surface area contributed by atoms with Crippen LogP contribution in [0.2, 0.25) is 0 Å². The number of nitrogens with zero attached hydrogens (tertiary/aromatic N) is 4. The van der Waals surface area contributed by atoms with Gasteiger partial charge in [0.25, 0.3) is 5.91 Å². The van der Waals surface area contributed by atoms with E-state index in [1.54, 1.807) is 0 Å². The van der Waals surface area contributed by atoms with Crippen LogP contribution in [0.15, 0.2) is 36.4 Å². The van der Waals surface area contributed by atoms with Crippen molar-refractivity contribution in [3.63, 3.8) is 0 Å². The Labute approximate surface area is 182 Å². The van der Waals surface area contributed by atoms with E-state index in [1.165, 1.54) is 0 Å². The van der Waals surface area contributed by atoms with Crippen molar-refractivity contribution < 1.29 is 9.53 Å². The number of hydrogen-bond acceptors (Lipinski definition) is 6. The number of aryl methyl sites for hydroxylation is 2. The highest BCUT2D eigenvalue weighted by molar-refractivity contribution is 6.06. The maximum atomic E-state index is 13.0. The molecule has 1 aliphatic rings. The lowest BCUT2D eigenvalue weighted by Crippen LogP contribution is -2.39. The van der Waals surface area contributed by atoms with Crippen molar-refractivity contribution in [3.05, 3.63) is 59.2 Å². The SMILES string of the molecule is Cc1cc(N2CCO[C@H](c3cc(C(=O)NCC(C)C)c4ccccc4n3)C2)nc(C)n1. The summed E-state index contributed by atoms with van der Waals surface area (Å²) in [5.74, 6) is 1.95. The van der Waals surface area contributed by atoms with Gasteiger partial charge >= 0.3 is 0 Å². The summed E-state index contributed by atoms with van der Waals surface area (Å²) in [6.07, 6.45) is -0.245. The second kappa shape index (κ2) is 8.98. The summed E-state index contributed by atoms with van der Waals surface area (Å²) in [4.78, 5) is 29.0. The Balaban J connectivity index is 1.66. The molecule has 3 heterocycles. The van der Waals surface area contributed by atoms with Crippen molar-refractivity contribution in [1.29, 1.82) is 0 Å². The van der Waals surface area contributed by atoms with Gasteiger partial charge in [-0.15, -0.1) is 0 Å². The van der Waals surface area contributed by atoms with Crippen molar-refractivity contribution >= 4 is 22.6 Å². The maximum Gasteiger partial charge on any atom is 0.252 e. The molecule has 0 saturated carbocycles. The number of amides is 1. The Kier molecular flexibility index (Phi) is 6.13. The topological polar surface area (TPSA) is 80.2 Å². The number of benzene rings is 1. The average Bonchev–Trinajstić information content (AvgIpc) is 2.76. The molecule has 1 aromatic carbocycles. The number of morpholine rings is 1. The van der Waals surface area contributed by atoms with Crippen LogP contribution in [0.25, 0.3) is 10.9 Å². The van der Waals surface area contributed by atoms with E-state index >= 15 is 0 Å². The van der Waals surface area contributed by atoms with Gasteiger partial charge in [-0.3, -0.25) is 4.79 Å². The molecule has 1 aliphatic heterocycles. The fourth-order valence-electron chi connectivity index (χ4n) is 3.84. The van der Waals surface area contributed by atoms with E-state index in [2.05, 4.69) is 34.0 Å². The van der Waals surface area contributed by atoms with Crippen molar-refractivity contribution in [3.8, 4) is 0 Å². The minimum atomic E-state index is -0.245. The molecule has 1 amide bonds. The van der Waals surface area contributed by atoms with E-state index < -0.39 is 0 Å². The molecule has 2 aromatic heterocycles. The van der Waals surface area contributed by atoms with E-state index in [1.807, 2.05) is 50.2 Å². The summed E-state index contributed by atoms with van der Waals surface area (Å²) < 4.78 is 6.08. The van der Waals surface area contributed by atoms with Crippen LogP contribution in [0.1, 0.15) is 47.5 Å². The van der Waals surface area contributed by atoms with Gasteiger partial charge in [0.1, 0.15) is 17.7 Å². The minimum absolute atomic E-state index is 0.0803. The van der Waals surface area contributed by atoms with Gasteiger partial charge < -0.3 is 15.0 Å². The maximum absolute atomic E-state index is 13.0. The third-order valence-corrected chi connectivity index (χ3v) is 5.32. The van der Waals surface area contributed by atoms with Crippen molar-refractivity contribution in [2.45, 2.75) is 33.8 Å². The lowest BCUT2D eigenvalue weighted by Gasteiger charge is -2.33. The fraction of sp³-hybridized carbons (Fsp3) is 0.417. The normalized spacial score (nSPS) is 16.7. The summed E-state index contributed by atoms with van der Waals surface area (Å²) in [7, 11) is 0. The predicted octanol–water partition coefficient (Wildman–Crippen LogP) is 3.61. The lowest BCUT2D eigenvalue weighted by atomic mass is 10.0. The molecule has 1 fully saturated rings. The van der Waals surface area contributed by atoms with Crippen LogP contribution in [0.5, 0.6) is 0 Å². The summed E-state index contributed by atoms with van der Waals surface area (Å²) in [5, 5.41) is 3.88. The molecule has 162 valence electrons. The Bertz CT molecular complexity index is 1080. The van der Waals surface area contributed by atoms with E-state index in [9.17, 15) is 4.79 Å². The molecule has 1 atom stereocenters. The zero-order chi connectivity index (χ0) is 22.0. The van der Waals surface area contributed by atoms with Crippen LogP contribution < -0.4 is 10.2 Å². The molecule has 0 aliphatic carbocycles. The highest BCUT2D eigenvalue weighted by Gasteiger charge is 2.26. The number of carbonyl (C=O) groups excluding carboxylic acids is 1. The first-order chi connectivity index (χ1) is 14.9. The highest BCUT2D eigenvalue weighted by atomic mass is 16.5. The van der Waals surface area contributed by atoms with Crippen LogP contribution in [0.4, 0.5) is 5.82 Å². The molecule has 0 unspecified atom stereocenters. The third-order valence-electron chi connectivity index (χ3n) is 5.32. The van der Waals surface area contributed by atoms with Crippen LogP contribution in [-0.4, -0.2) is 47.1 Å².